The fourth-order valence-electron chi connectivity index (χ4n) is 1.65. The molecule has 1 rings (SSSR count). The quantitative estimate of drug-likeness (QED) is 0.800. The van der Waals surface area contributed by atoms with Gasteiger partial charge in [-0.25, -0.2) is 0 Å². The highest BCUT2D eigenvalue weighted by Crippen LogP contribution is 2.19. The summed E-state index contributed by atoms with van der Waals surface area (Å²) in [6.45, 7) is 5.45. The lowest BCUT2D eigenvalue weighted by Crippen LogP contribution is -2.41. The zero-order valence-electron chi connectivity index (χ0n) is 11.9. The van der Waals surface area contributed by atoms with Gasteiger partial charge >= 0.3 is 0 Å². The molecule has 1 amide bonds. The minimum atomic E-state index is -0.727. The van der Waals surface area contributed by atoms with E-state index in [9.17, 15) is 15.0 Å². The number of aliphatic hydroxyl groups is 2. The first-order valence-corrected chi connectivity index (χ1v) is 6.27. The number of hydrogen-bond acceptors (Lipinski definition) is 5. The molecule has 1 aromatic rings. The molecule has 0 saturated heterocycles. The maximum atomic E-state index is 12.1. The van der Waals surface area contributed by atoms with E-state index in [-0.39, 0.29) is 37.3 Å². The van der Waals surface area contributed by atoms with Crippen LogP contribution in [0.5, 0.6) is 0 Å². The minimum Gasteiger partial charge on any atom is -0.396 e. The molecule has 0 aliphatic rings. The summed E-state index contributed by atoms with van der Waals surface area (Å²) in [5.41, 5.74) is -0.487. The first-order valence-electron chi connectivity index (χ1n) is 6.27. The largest absolute Gasteiger partial charge is 0.396 e. The van der Waals surface area contributed by atoms with Crippen molar-refractivity contribution in [1.29, 1.82) is 0 Å². The Morgan fingerprint density at radius 2 is 2.05 bits per heavy atom. The number of aliphatic hydroxyl groups excluding tert-OH is 2. The summed E-state index contributed by atoms with van der Waals surface area (Å²) in [5.74, 6) is 0.534. The predicted molar refractivity (Wildman–Crippen MR) is 69.8 cm³/mol. The third kappa shape index (κ3) is 3.78. The zero-order valence-corrected chi connectivity index (χ0v) is 11.9. The number of hydrogen-bond donors (Lipinski definition) is 2. The number of nitrogens with zero attached hydrogens (tertiary/aromatic N) is 2. The zero-order chi connectivity index (χ0) is 14.6. The van der Waals surface area contributed by atoms with Crippen LogP contribution in [-0.2, 0) is 0 Å². The summed E-state index contributed by atoms with van der Waals surface area (Å²) in [5, 5.41) is 22.2. The van der Waals surface area contributed by atoms with Crippen molar-refractivity contribution in [3.05, 3.63) is 17.5 Å². The van der Waals surface area contributed by atoms with Crippen LogP contribution in [0.25, 0.3) is 0 Å². The molecule has 0 saturated carbocycles. The second kappa shape index (κ2) is 6.16. The number of aromatic nitrogens is 1. The molecule has 0 unspecified atom stereocenters. The Hall–Kier alpha value is -1.40. The van der Waals surface area contributed by atoms with E-state index in [0.29, 0.717) is 5.76 Å². The Bertz CT molecular complexity index is 424. The molecule has 0 radical (unpaired) electrons. The lowest BCUT2D eigenvalue weighted by Gasteiger charge is -2.29. The fraction of sp³-hybridized carbons (Fsp3) is 0.692. The number of carbonyl (C=O) groups excluding carboxylic acids is 1. The third-order valence-corrected chi connectivity index (χ3v) is 3.05. The molecule has 19 heavy (non-hydrogen) atoms. The maximum absolute atomic E-state index is 12.1. The molecule has 0 bridgehead atoms. The van der Waals surface area contributed by atoms with Gasteiger partial charge in [-0.2, -0.15) is 0 Å². The molecular formula is C13H22N2O4. The van der Waals surface area contributed by atoms with Crippen LogP contribution in [0.1, 0.15) is 42.9 Å². The average Bonchev–Trinajstić information content (AvgIpc) is 2.87. The topological polar surface area (TPSA) is 86.8 Å². The van der Waals surface area contributed by atoms with Gasteiger partial charge in [0.2, 0.25) is 0 Å². The van der Waals surface area contributed by atoms with E-state index in [0.717, 1.165) is 0 Å². The van der Waals surface area contributed by atoms with Crippen LogP contribution in [0.3, 0.4) is 0 Å². The van der Waals surface area contributed by atoms with Gasteiger partial charge in [-0.15, -0.1) is 0 Å². The first-order chi connectivity index (χ1) is 8.83. The van der Waals surface area contributed by atoms with Crippen molar-refractivity contribution >= 4 is 5.91 Å². The SMILES string of the molecule is CC(C)c1cc(C(=O)N(C)CC(C)(CO)CO)no1. The van der Waals surface area contributed by atoms with Crippen LogP contribution in [0.2, 0.25) is 0 Å². The summed E-state index contributed by atoms with van der Waals surface area (Å²) in [6.07, 6.45) is 0. The van der Waals surface area contributed by atoms with Crippen LogP contribution in [0, 0.1) is 5.41 Å². The molecular weight excluding hydrogens is 248 g/mol. The lowest BCUT2D eigenvalue weighted by molar-refractivity contribution is 0.0361. The molecule has 108 valence electrons. The van der Waals surface area contributed by atoms with Crippen LogP contribution in [0.4, 0.5) is 0 Å². The van der Waals surface area contributed by atoms with Crippen molar-refractivity contribution in [1.82, 2.24) is 10.1 Å². The second-order valence-electron chi connectivity index (χ2n) is 5.56. The molecule has 0 aliphatic carbocycles. The van der Waals surface area contributed by atoms with Crippen LogP contribution in [-0.4, -0.2) is 53.0 Å². The van der Waals surface area contributed by atoms with Gasteiger partial charge in [-0.3, -0.25) is 4.79 Å². The molecule has 0 atom stereocenters. The summed E-state index contributed by atoms with van der Waals surface area (Å²) in [7, 11) is 1.61. The fourth-order valence-corrected chi connectivity index (χ4v) is 1.65. The highest BCUT2D eigenvalue weighted by atomic mass is 16.5. The molecule has 6 nitrogen and oxygen atoms in total. The maximum Gasteiger partial charge on any atom is 0.275 e. The van der Waals surface area contributed by atoms with Gasteiger partial charge in [0, 0.05) is 31.0 Å². The molecule has 0 aliphatic heterocycles. The van der Waals surface area contributed by atoms with E-state index in [1.54, 1.807) is 20.0 Å². The van der Waals surface area contributed by atoms with E-state index >= 15 is 0 Å². The Balaban J connectivity index is 2.76. The molecule has 1 aromatic heterocycles. The van der Waals surface area contributed by atoms with Gasteiger partial charge in [-0.1, -0.05) is 25.9 Å². The van der Waals surface area contributed by atoms with Gasteiger partial charge in [0.15, 0.2) is 5.69 Å². The summed E-state index contributed by atoms with van der Waals surface area (Å²) in [6, 6.07) is 1.62. The molecule has 0 fully saturated rings. The second-order valence-corrected chi connectivity index (χ2v) is 5.56. The lowest BCUT2D eigenvalue weighted by atomic mass is 9.92. The summed E-state index contributed by atoms with van der Waals surface area (Å²) >= 11 is 0. The van der Waals surface area contributed by atoms with E-state index in [1.165, 1.54) is 4.90 Å². The average molecular weight is 270 g/mol. The van der Waals surface area contributed by atoms with E-state index in [1.807, 2.05) is 13.8 Å². The number of carbonyl (C=O) groups is 1. The molecule has 0 aromatic carbocycles. The highest BCUT2D eigenvalue weighted by Gasteiger charge is 2.28. The van der Waals surface area contributed by atoms with Crippen molar-refractivity contribution in [2.24, 2.45) is 5.41 Å². The predicted octanol–water partition coefficient (Wildman–Crippen LogP) is 0.861. The molecule has 0 spiro atoms. The first kappa shape index (κ1) is 15.7. The summed E-state index contributed by atoms with van der Waals surface area (Å²) in [4.78, 5) is 13.6. The smallest absolute Gasteiger partial charge is 0.275 e. The Morgan fingerprint density at radius 3 is 2.47 bits per heavy atom. The van der Waals surface area contributed by atoms with Crippen molar-refractivity contribution in [2.75, 3.05) is 26.8 Å². The minimum absolute atomic E-state index is 0.166. The molecule has 1 heterocycles. The van der Waals surface area contributed by atoms with Crippen LogP contribution >= 0.6 is 0 Å². The Kier molecular flexibility index (Phi) is 5.08. The Labute approximate surface area is 113 Å². The van der Waals surface area contributed by atoms with E-state index in [2.05, 4.69) is 5.16 Å². The van der Waals surface area contributed by atoms with E-state index in [4.69, 9.17) is 4.52 Å². The van der Waals surface area contributed by atoms with Crippen molar-refractivity contribution in [3.8, 4) is 0 Å². The highest BCUT2D eigenvalue weighted by molar-refractivity contribution is 5.92. The van der Waals surface area contributed by atoms with Crippen molar-refractivity contribution in [2.45, 2.75) is 26.7 Å². The summed E-state index contributed by atoms with van der Waals surface area (Å²) < 4.78 is 5.08. The standard InChI is InChI=1S/C13H22N2O4/c1-9(2)11-5-10(14-19-11)12(18)15(4)6-13(3,7-16)8-17/h5,9,16-17H,6-8H2,1-4H3. The number of rotatable bonds is 6. The molecule has 2 N–H and O–H groups in total. The normalized spacial score (nSPS) is 11.9. The van der Waals surface area contributed by atoms with Gasteiger partial charge in [-0.05, 0) is 0 Å². The van der Waals surface area contributed by atoms with E-state index < -0.39 is 5.41 Å². The van der Waals surface area contributed by atoms with Crippen molar-refractivity contribution < 1.29 is 19.5 Å². The molecule has 6 heteroatoms. The Morgan fingerprint density at radius 1 is 1.47 bits per heavy atom. The third-order valence-electron chi connectivity index (χ3n) is 3.05. The van der Waals surface area contributed by atoms with Gasteiger partial charge in [0.1, 0.15) is 5.76 Å². The van der Waals surface area contributed by atoms with Gasteiger partial charge < -0.3 is 19.6 Å². The monoisotopic (exact) mass is 270 g/mol. The number of amides is 1. The van der Waals surface area contributed by atoms with Crippen LogP contribution in [0.15, 0.2) is 10.6 Å². The van der Waals surface area contributed by atoms with Gasteiger partial charge in [0.25, 0.3) is 5.91 Å². The van der Waals surface area contributed by atoms with Gasteiger partial charge in [0.05, 0.1) is 13.2 Å². The van der Waals surface area contributed by atoms with Crippen LogP contribution < -0.4 is 0 Å². The van der Waals surface area contributed by atoms with Crippen molar-refractivity contribution in [3.63, 3.8) is 0 Å².